The van der Waals surface area contributed by atoms with Gasteiger partial charge in [0.2, 0.25) is 0 Å². The Morgan fingerprint density at radius 3 is 2.86 bits per heavy atom. The number of anilines is 1. The largest absolute Gasteiger partial charge is 0.504 e. The minimum Gasteiger partial charge on any atom is -0.504 e. The molecule has 5 nitrogen and oxygen atoms in total. The van der Waals surface area contributed by atoms with Gasteiger partial charge < -0.3 is 20.1 Å². The Balaban J connectivity index is 1.89. The van der Waals surface area contributed by atoms with E-state index in [4.69, 9.17) is 4.74 Å². The molecule has 0 aliphatic carbocycles. The molecule has 0 aliphatic heterocycles. The van der Waals surface area contributed by atoms with Crippen LogP contribution in [-0.4, -0.2) is 23.1 Å². The van der Waals surface area contributed by atoms with Gasteiger partial charge in [0, 0.05) is 34.4 Å². The summed E-state index contributed by atoms with van der Waals surface area (Å²) in [6.07, 6.45) is 1.79. The van der Waals surface area contributed by atoms with Crippen LogP contribution in [0.15, 0.2) is 48.7 Å². The minimum atomic E-state index is -0.232. The van der Waals surface area contributed by atoms with Crippen molar-refractivity contribution in [3.05, 3.63) is 54.2 Å². The summed E-state index contributed by atoms with van der Waals surface area (Å²) < 4.78 is 4.97. The van der Waals surface area contributed by atoms with Crippen LogP contribution in [0.25, 0.3) is 10.9 Å². The fourth-order valence-electron chi connectivity index (χ4n) is 2.25. The van der Waals surface area contributed by atoms with Gasteiger partial charge in [0.15, 0.2) is 11.5 Å². The SMILES string of the molecule is COc1ccc(NC(=O)c2cccc3[nH]ccc23)cc1O. The van der Waals surface area contributed by atoms with Crippen LogP contribution < -0.4 is 10.1 Å². The molecule has 0 aliphatic rings. The van der Waals surface area contributed by atoms with Crippen LogP contribution in [0, 0.1) is 0 Å². The van der Waals surface area contributed by atoms with Crippen molar-refractivity contribution in [1.82, 2.24) is 4.98 Å². The van der Waals surface area contributed by atoms with E-state index in [0.717, 1.165) is 10.9 Å². The van der Waals surface area contributed by atoms with E-state index in [2.05, 4.69) is 10.3 Å². The number of benzene rings is 2. The molecular weight excluding hydrogens is 268 g/mol. The zero-order chi connectivity index (χ0) is 14.8. The number of aromatic amines is 1. The number of amides is 1. The standard InChI is InChI=1S/C16H14N2O3/c1-21-15-6-5-10(9-14(15)19)18-16(20)12-3-2-4-13-11(12)7-8-17-13/h2-9,17,19H,1H3,(H,18,20). The number of phenols is 1. The van der Waals surface area contributed by atoms with E-state index in [1.165, 1.54) is 13.2 Å². The summed E-state index contributed by atoms with van der Waals surface area (Å²) in [5.41, 5.74) is 1.98. The van der Waals surface area contributed by atoms with Crippen molar-refractivity contribution >= 4 is 22.5 Å². The maximum atomic E-state index is 12.4. The Hall–Kier alpha value is -2.95. The molecule has 0 saturated heterocycles. The minimum absolute atomic E-state index is 0.0184. The summed E-state index contributed by atoms with van der Waals surface area (Å²) in [5.74, 6) is 0.112. The molecule has 3 N–H and O–H groups in total. The highest BCUT2D eigenvalue weighted by molar-refractivity contribution is 6.12. The van der Waals surface area contributed by atoms with Crippen molar-refractivity contribution < 1.29 is 14.6 Å². The maximum absolute atomic E-state index is 12.4. The number of hydrogen-bond donors (Lipinski definition) is 3. The topological polar surface area (TPSA) is 74.3 Å². The Morgan fingerprint density at radius 2 is 2.10 bits per heavy atom. The molecule has 0 fully saturated rings. The van der Waals surface area contributed by atoms with E-state index in [-0.39, 0.29) is 11.7 Å². The van der Waals surface area contributed by atoms with Gasteiger partial charge in [-0.3, -0.25) is 4.79 Å². The molecular formula is C16H14N2O3. The monoisotopic (exact) mass is 282 g/mol. The van der Waals surface area contributed by atoms with Gasteiger partial charge in [-0.05, 0) is 30.3 Å². The molecule has 3 aromatic rings. The van der Waals surface area contributed by atoms with Gasteiger partial charge in [-0.15, -0.1) is 0 Å². The van der Waals surface area contributed by atoms with Crippen LogP contribution in [0.5, 0.6) is 11.5 Å². The van der Waals surface area contributed by atoms with Gasteiger partial charge in [0.05, 0.1) is 7.11 Å². The van der Waals surface area contributed by atoms with E-state index >= 15 is 0 Å². The lowest BCUT2D eigenvalue weighted by molar-refractivity contribution is 0.102. The molecule has 0 bridgehead atoms. The highest BCUT2D eigenvalue weighted by atomic mass is 16.5. The molecule has 1 heterocycles. The Kier molecular flexibility index (Phi) is 3.23. The molecule has 21 heavy (non-hydrogen) atoms. The summed E-state index contributed by atoms with van der Waals surface area (Å²) >= 11 is 0. The van der Waals surface area contributed by atoms with Crippen molar-refractivity contribution in [2.24, 2.45) is 0 Å². The normalized spacial score (nSPS) is 10.5. The number of aromatic nitrogens is 1. The molecule has 106 valence electrons. The number of fused-ring (bicyclic) bond motifs is 1. The zero-order valence-electron chi connectivity index (χ0n) is 11.4. The average Bonchev–Trinajstić information content (AvgIpc) is 2.95. The lowest BCUT2D eigenvalue weighted by atomic mass is 10.1. The second-order valence-corrected chi connectivity index (χ2v) is 4.59. The molecule has 0 saturated carbocycles. The molecule has 0 unspecified atom stereocenters. The Morgan fingerprint density at radius 1 is 1.24 bits per heavy atom. The molecule has 5 heteroatoms. The van der Waals surface area contributed by atoms with Crippen LogP contribution in [-0.2, 0) is 0 Å². The molecule has 3 rings (SSSR count). The van der Waals surface area contributed by atoms with Gasteiger partial charge in [-0.25, -0.2) is 0 Å². The first-order valence-electron chi connectivity index (χ1n) is 6.43. The van der Waals surface area contributed by atoms with Gasteiger partial charge >= 0.3 is 0 Å². The number of methoxy groups -OCH3 is 1. The fourth-order valence-corrected chi connectivity index (χ4v) is 2.25. The third kappa shape index (κ3) is 2.41. The van der Waals surface area contributed by atoms with Crippen LogP contribution in [0.3, 0.4) is 0 Å². The Labute approximate surface area is 121 Å². The summed E-state index contributed by atoms with van der Waals surface area (Å²) in [4.78, 5) is 15.4. The first-order valence-corrected chi connectivity index (χ1v) is 6.43. The van der Waals surface area contributed by atoms with Gasteiger partial charge in [-0.2, -0.15) is 0 Å². The summed E-state index contributed by atoms with van der Waals surface area (Å²) in [5, 5.41) is 13.4. The number of rotatable bonds is 3. The van der Waals surface area contributed by atoms with Crippen molar-refractivity contribution in [1.29, 1.82) is 0 Å². The number of carbonyl (C=O) groups excluding carboxylic acids is 1. The van der Waals surface area contributed by atoms with Gasteiger partial charge in [0.25, 0.3) is 5.91 Å². The van der Waals surface area contributed by atoms with Crippen LogP contribution in [0.4, 0.5) is 5.69 Å². The van der Waals surface area contributed by atoms with E-state index in [9.17, 15) is 9.90 Å². The number of aromatic hydroxyl groups is 1. The predicted octanol–water partition coefficient (Wildman–Crippen LogP) is 3.13. The van der Waals surface area contributed by atoms with Gasteiger partial charge in [-0.1, -0.05) is 6.07 Å². The van der Waals surface area contributed by atoms with E-state index in [0.29, 0.717) is 17.0 Å². The van der Waals surface area contributed by atoms with Crippen LogP contribution >= 0.6 is 0 Å². The lowest BCUT2D eigenvalue weighted by Gasteiger charge is -2.08. The van der Waals surface area contributed by atoms with Crippen LogP contribution in [0.2, 0.25) is 0 Å². The number of nitrogens with one attached hydrogen (secondary N) is 2. The molecule has 0 spiro atoms. The molecule has 2 aromatic carbocycles. The van der Waals surface area contributed by atoms with Crippen molar-refractivity contribution in [2.75, 3.05) is 12.4 Å². The van der Waals surface area contributed by atoms with Crippen molar-refractivity contribution in [3.63, 3.8) is 0 Å². The van der Waals surface area contributed by atoms with Gasteiger partial charge in [0.1, 0.15) is 0 Å². The summed E-state index contributed by atoms with van der Waals surface area (Å²) in [7, 11) is 1.47. The predicted molar refractivity (Wildman–Crippen MR) is 80.9 cm³/mol. The number of H-pyrrole nitrogens is 1. The zero-order valence-corrected chi connectivity index (χ0v) is 11.4. The Bertz CT molecular complexity index is 808. The number of carbonyl (C=O) groups is 1. The molecule has 1 aromatic heterocycles. The number of phenolic OH excluding ortho intramolecular Hbond substituents is 1. The fraction of sp³-hybridized carbons (Fsp3) is 0.0625. The lowest BCUT2D eigenvalue weighted by Crippen LogP contribution is -2.12. The number of hydrogen-bond acceptors (Lipinski definition) is 3. The third-order valence-corrected chi connectivity index (χ3v) is 3.28. The van der Waals surface area contributed by atoms with Crippen LogP contribution in [0.1, 0.15) is 10.4 Å². The highest BCUT2D eigenvalue weighted by Gasteiger charge is 2.11. The first-order chi connectivity index (χ1) is 10.2. The summed E-state index contributed by atoms with van der Waals surface area (Å²) in [6.45, 7) is 0. The molecule has 0 radical (unpaired) electrons. The quantitative estimate of drug-likeness (QED) is 0.691. The average molecular weight is 282 g/mol. The second-order valence-electron chi connectivity index (χ2n) is 4.59. The summed E-state index contributed by atoms with van der Waals surface area (Å²) in [6, 6.07) is 12.1. The number of ether oxygens (including phenoxy) is 1. The molecule has 0 atom stereocenters. The first kappa shape index (κ1) is 13.1. The highest BCUT2D eigenvalue weighted by Crippen LogP contribution is 2.29. The maximum Gasteiger partial charge on any atom is 0.256 e. The smallest absolute Gasteiger partial charge is 0.256 e. The van der Waals surface area contributed by atoms with E-state index < -0.39 is 0 Å². The van der Waals surface area contributed by atoms with Crippen molar-refractivity contribution in [3.8, 4) is 11.5 Å². The van der Waals surface area contributed by atoms with E-state index in [1.807, 2.05) is 18.2 Å². The van der Waals surface area contributed by atoms with Crippen molar-refractivity contribution in [2.45, 2.75) is 0 Å². The third-order valence-electron chi connectivity index (χ3n) is 3.28. The van der Waals surface area contributed by atoms with E-state index in [1.54, 1.807) is 24.4 Å². The second kappa shape index (κ2) is 5.20. The molecule has 1 amide bonds.